The predicted octanol–water partition coefficient (Wildman–Crippen LogP) is -0.777. The Balaban J connectivity index is 0. The first-order chi connectivity index (χ1) is 0. The minimum Gasteiger partial charge on any atom is 0 e. The number of hydrogen-bond acceptors (Lipinski definition) is 0. The van der Waals surface area contributed by atoms with Crippen LogP contribution >= 0.6 is 0 Å². The molecule has 0 atom stereocenters. The molecular formula is Cu6Li2. The standard InChI is InChI=1S/6Cu.2Li. The summed E-state index contributed by atoms with van der Waals surface area (Å²) in [5.41, 5.74) is 0. The van der Waals surface area contributed by atoms with Gasteiger partial charge in [0.25, 0.3) is 0 Å². The zero-order valence-corrected chi connectivity index (χ0v) is 9.46. The SMILES string of the molecule is [Cu].[Cu].[Cu].[Cu].[Cu].[Cu].[Li].[Li]. The van der Waals surface area contributed by atoms with Gasteiger partial charge in [-0.1, -0.05) is 0 Å². The van der Waals surface area contributed by atoms with E-state index in [0.717, 1.165) is 0 Å². The molecule has 0 aromatic heterocycles. The van der Waals surface area contributed by atoms with Crippen molar-refractivity contribution in [3.63, 3.8) is 0 Å². The third kappa shape index (κ3) is 48.1. The summed E-state index contributed by atoms with van der Waals surface area (Å²) in [6.45, 7) is 0. The minimum absolute atomic E-state index is 0. The summed E-state index contributed by atoms with van der Waals surface area (Å²) in [6, 6.07) is 0. The smallest absolute Gasteiger partial charge is 0 e. The van der Waals surface area contributed by atoms with Crippen LogP contribution in [0.1, 0.15) is 0 Å². The zero-order valence-electron chi connectivity index (χ0n) is 3.81. The van der Waals surface area contributed by atoms with Crippen molar-refractivity contribution in [2.75, 3.05) is 0 Å². The molecule has 0 nitrogen and oxygen atoms in total. The van der Waals surface area contributed by atoms with Gasteiger partial charge in [0.1, 0.15) is 0 Å². The Morgan fingerprint density at radius 2 is 0.250 bits per heavy atom. The molecule has 0 aliphatic rings. The van der Waals surface area contributed by atoms with E-state index in [-0.39, 0.29) is 140 Å². The molecule has 0 aliphatic heterocycles. The predicted molar refractivity (Wildman–Crippen MR) is 11.5 cm³/mol. The third-order valence-corrected chi connectivity index (χ3v) is 0. The molecule has 0 aromatic rings. The van der Waals surface area contributed by atoms with E-state index >= 15 is 0 Å². The van der Waals surface area contributed by atoms with E-state index < -0.39 is 0 Å². The Labute approximate surface area is 138 Å². The van der Waals surface area contributed by atoms with E-state index in [1.807, 2.05) is 0 Å². The van der Waals surface area contributed by atoms with Gasteiger partial charge < -0.3 is 0 Å². The normalized spacial score (nSPS) is 0. The molecule has 0 N–H and O–H groups in total. The molecule has 0 saturated heterocycles. The Morgan fingerprint density at radius 3 is 0.250 bits per heavy atom. The fraction of sp³-hybridized carbons (Fsp3) is 0. The summed E-state index contributed by atoms with van der Waals surface area (Å²) >= 11 is 0. The summed E-state index contributed by atoms with van der Waals surface area (Å²) in [5.74, 6) is 0. The quantitative estimate of drug-likeness (QED) is 0.473. The van der Waals surface area contributed by atoms with Gasteiger partial charge in [-0.15, -0.1) is 0 Å². The maximum atomic E-state index is 0. The molecule has 0 amide bonds. The number of hydrogen-bond donors (Lipinski definition) is 0. The van der Waals surface area contributed by atoms with E-state index in [1.165, 1.54) is 0 Å². The van der Waals surface area contributed by atoms with Crippen molar-refractivity contribution in [3.05, 3.63) is 0 Å². The van der Waals surface area contributed by atoms with Crippen LogP contribution in [0.25, 0.3) is 0 Å². The van der Waals surface area contributed by atoms with Crippen LogP contribution < -0.4 is 0 Å². The molecule has 8 heteroatoms. The van der Waals surface area contributed by atoms with Gasteiger partial charge in [0.15, 0.2) is 0 Å². The van der Waals surface area contributed by atoms with E-state index in [9.17, 15) is 0 Å². The fourth-order valence-electron chi connectivity index (χ4n) is 0. The molecular weight excluding hydrogens is 395 g/mol. The van der Waals surface area contributed by atoms with Crippen LogP contribution in [0.3, 0.4) is 0 Å². The van der Waals surface area contributed by atoms with Gasteiger partial charge >= 0.3 is 0 Å². The van der Waals surface area contributed by atoms with Crippen molar-refractivity contribution in [1.82, 2.24) is 0 Å². The van der Waals surface area contributed by atoms with Gasteiger partial charge in [0, 0.05) is 140 Å². The van der Waals surface area contributed by atoms with Gasteiger partial charge in [-0.2, -0.15) is 0 Å². The maximum Gasteiger partial charge on any atom is 0 e. The van der Waals surface area contributed by atoms with Gasteiger partial charge in [-0.3, -0.25) is 0 Å². The van der Waals surface area contributed by atoms with Crippen LogP contribution in [0.4, 0.5) is 0 Å². The van der Waals surface area contributed by atoms with E-state index in [4.69, 9.17) is 0 Å². The Bertz CT molecular complexity index is 6.49. The molecule has 8 heavy (non-hydrogen) atoms. The van der Waals surface area contributed by atoms with Crippen LogP contribution in [0.2, 0.25) is 0 Å². The topological polar surface area (TPSA) is 0 Å². The summed E-state index contributed by atoms with van der Waals surface area (Å²) in [7, 11) is 0. The molecule has 0 bridgehead atoms. The molecule has 68 valence electrons. The van der Waals surface area contributed by atoms with Crippen molar-refractivity contribution in [1.29, 1.82) is 0 Å². The molecule has 0 aromatic carbocycles. The van der Waals surface area contributed by atoms with Gasteiger partial charge in [0.05, 0.1) is 0 Å². The molecule has 0 saturated carbocycles. The van der Waals surface area contributed by atoms with Gasteiger partial charge in [0.2, 0.25) is 0 Å². The minimum atomic E-state index is 0. The summed E-state index contributed by atoms with van der Waals surface area (Å²) in [5, 5.41) is 0. The van der Waals surface area contributed by atoms with Gasteiger partial charge in [-0.25, -0.2) is 0 Å². The second-order valence-electron chi connectivity index (χ2n) is 0. The second kappa shape index (κ2) is 64.7. The molecule has 0 fully saturated rings. The first-order valence-corrected chi connectivity index (χ1v) is 0. The van der Waals surface area contributed by atoms with Crippen LogP contribution in [0.5, 0.6) is 0 Å². The van der Waals surface area contributed by atoms with Crippen molar-refractivity contribution < 1.29 is 102 Å². The first-order valence-electron chi connectivity index (χ1n) is 0. The fourth-order valence-corrected chi connectivity index (χ4v) is 0. The van der Waals surface area contributed by atoms with E-state index in [2.05, 4.69) is 0 Å². The van der Waals surface area contributed by atoms with Crippen LogP contribution in [0, 0.1) is 0 Å². The maximum absolute atomic E-state index is 0. The molecule has 0 unspecified atom stereocenters. The number of rotatable bonds is 0. The average Bonchev–Trinajstić information content (AvgIpc) is 0. The van der Waals surface area contributed by atoms with Crippen molar-refractivity contribution in [2.45, 2.75) is 0 Å². The van der Waals surface area contributed by atoms with Crippen molar-refractivity contribution >= 4 is 37.7 Å². The Kier molecular flexibility index (Phi) is 685. The molecule has 8 radical (unpaired) electrons. The Morgan fingerprint density at radius 1 is 0.250 bits per heavy atom. The monoisotopic (exact) mass is 392 g/mol. The van der Waals surface area contributed by atoms with Gasteiger partial charge in [-0.05, 0) is 0 Å². The third-order valence-electron chi connectivity index (χ3n) is 0. The Hall–Kier alpha value is 4.31. The van der Waals surface area contributed by atoms with Crippen molar-refractivity contribution in [2.24, 2.45) is 0 Å². The summed E-state index contributed by atoms with van der Waals surface area (Å²) in [6.07, 6.45) is 0. The zero-order chi connectivity index (χ0) is 0. The van der Waals surface area contributed by atoms with Crippen molar-refractivity contribution in [3.8, 4) is 0 Å². The second-order valence-corrected chi connectivity index (χ2v) is 0. The largest absolute Gasteiger partial charge is 0 e. The molecule has 0 heterocycles. The molecule has 0 rings (SSSR count). The molecule has 0 spiro atoms. The van der Waals surface area contributed by atoms with E-state index in [0.29, 0.717) is 0 Å². The van der Waals surface area contributed by atoms with Crippen LogP contribution in [-0.2, 0) is 102 Å². The first kappa shape index (κ1) is 84.7. The molecule has 0 aliphatic carbocycles. The van der Waals surface area contributed by atoms with E-state index in [1.54, 1.807) is 0 Å². The van der Waals surface area contributed by atoms with Crippen LogP contribution in [-0.4, -0.2) is 37.7 Å². The summed E-state index contributed by atoms with van der Waals surface area (Å²) < 4.78 is 0. The average molecular weight is 395 g/mol. The summed E-state index contributed by atoms with van der Waals surface area (Å²) in [4.78, 5) is 0. The van der Waals surface area contributed by atoms with Crippen LogP contribution in [0.15, 0.2) is 0 Å².